The van der Waals surface area contributed by atoms with Crippen LogP contribution in [0.5, 0.6) is 17.4 Å². The number of carboxylic acid groups (broad SMARTS) is 1. The Hall–Kier alpha value is -5.45. The number of nitrogens with zero attached hydrogens (tertiary/aromatic N) is 2. The number of hydrogen-bond acceptors (Lipinski definition) is 6. The van der Waals surface area contributed by atoms with E-state index in [9.17, 15) is 23.1 Å². The summed E-state index contributed by atoms with van der Waals surface area (Å²) in [4.78, 5) is 14.6. The minimum Gasteiger partial charge on any atom is -0.545 e. The van der Waals surface area contributed by atoms with Gasteiger partial charge >= 0.3 is 6.18 Å². The Kier molecular flexibility index (Phi) is 9.50. The predicted octanol–water partition coefficient (Wildman–Crippen LogP) is 6.69. The van der Waals surface area contributed by atoms with Crippen molar-refractivity contribution >= 4 is 12.0 Å². The third-order valence-electron chi connectivity index (χ3n) is 7.44. The van der Waals surface area contributed by atoms with Crippen LogP contribution in [0.4, 0.5) is 13.2 Å². The van der Waals surface area contributed by atoms with Crippen molar-refractivity contribution < 1.29 is 37.3 Å². The van der Waals surface area contributed by atoms with E-state index in [1.165, 1.54) is 41.8 Å². The number of carbonyl (C=O) groups is 1. The molecule has 0 amide bonds. The molecule has 0 spiro atoms. The number of carbonyl (C=O) groups excluding carboxylic acids is 1. The average Bonchev–Trinajstić information content (AvgIpc) is 3.61. The van der Waals surface area contributed by atoms with Gasteiger partial charge in [-0.15, -0.1) is 5.10 Å². The fourth-order valence-electron chi connectivity index (χ4n) is 5.04. The largest absolute Gasteiger partial charge is 0.545 e. The lowest BCUT2D eigenvalue weighted by Crippen LogP contribution is -2.18. The van der Waals surface area contributed by atoms with E-state index >= 15 is 0 Å². The van der Waals surface area contributed by atoms with Gasteiger partial charge in [0.05, 0.1) is 35.6 Å². The first-order valence-electron chi connectivity index (χ1n) is 14.4. The van der Waals surface area contributed by atoms with Gasteiger partial charge in [-0.2, -0.15) is 13.2 Å². The summed E-state index contributed by atoms with van der Waals surface area (Å²) < 4.78 is 58.0. The molecule has 0 saturated heterocycles. The Morgan fingerprint density at radius 1 is 1.00 bits per heavy atom. The van der Waals surface area contributed by atoms with Gasteiger partial charge in [0.1, 0.15) is 13.2 Å². The lowest BCUT2D eigenvalue weighted by atomic mass is 10.0. The Balaban J connectivity index is 1.32. The summed E-state index contributed by atoms with van der Waals surface area (Å²) in [5.74, 6) is -0.342. The molecule has 0 aliphatic heterocycles. The van der Waals surface area contributed by atoms with Gasteiger partial charge < -0.3 is 29.1 Å². The average molecular weight is 631 g/mol. The molecule has 2 heterocycles. The predicted molar refractivity (Wildman–Crippen MR) is 165 cm³/mol. The fourth-order valence-corrected chi connectivity index (χ4v) is 5.04. The number of H-pyrrole nitrogens is 1. The molecular weight excluding hydrogens is 599 g/mol. The number of halogens is 3. The topological polar surface area (TPSA) is 101 Å². The molecule has 0 unspecified atom stereocenters. The molecule has 0 bridgehead atoms. The Labute approximate surface area is 263 Å². The minimum absolute atomic E-state index is 0.0306. The number of rotatable bonds is 12. The number of methoxy groups -OCH3 is 1. The molecule has 5 aromatic rings. The highest BCUT2D eigenvalue weighted by Gasteiger charge is 2.30. The second kappa shape index (κ2) is 13.7. The molecule has 46 heavy (non-hydrogen) atoms. The van der Waals surface area contributed by atoms with Gasteiger partial charge in [0, 0.05) is 11.9 Å². The first kappa shape index (κ1) is 32.0. The van der Waals surface area contributed by atoms with Crippen molar-refractivity contribution in [1.29, 1.82) is 0 Å². The van der Waals surface area contributed by atoms with Crippen LogP contribution in [-0.4, -0.2) is 27.8 Å². The number of aromatic nitrogens is 3. The third kappa shape index (κ3) is 7.26. The van der Waals surface area contributed by atoms with Crippen molar-refractivity contribution in [3.05, 3.63) is 119 Å². The van der Waals surface area contributed by atoms with Crippen LogP contribution in [0.15, 0.2) is 85.1 Å². The van der Waals surface area contributed by atoms with Gasteiger partial charge in [-0.05, 0) is 84.1 Å². The van der Waals surface area contributed by atoms with Crippen LogP contribution in [0.3, 0.4) is 0 Å². The maximum Gasteiger partial charge on any atom is 0.416 e. The Morgan fingerprint density at radius 2 is 1.74 bits per heavy atom. The second-order valence-corrected chi connectivity index (χ2v) is 10.4. The number of alkyl halides is 3. The summed E-state index contributed by atoms with van der Waals surface area (Å²) in [6, 6.07) is 19.9. The minimum atomic E-state index is -4.48. The van der Waals surface area contributed by atoms with Gasteiger partial charge in [-0.1, -0.05) is 43.3 Å². The Morgan fingerprint density at radius 3 is 2.39 bits per heavy atom. The van der Waals surface area contributed by atoms with Crippen molar-refractivity contribution in [3.8, 4) is 34.3 Å². The molecule has 0 radical (unpaired) electrons. The number of hydrogen-bond donors (Lipinski definition) is 1. The van der Waals surface area contributed by atoms with E-state index in [0.717, 1.165) is 47.1 Å². The van der Waals surface area contributed by atoms with Crippen molar-refractivity contribution in [1.82, 2.24) is 14.8 Å². The summed E-state index contributed by atoms with van der Waals surface area (Å²) in [6.45, 7) is 4.53. The highest BCUT2D eigenvalue weighted by molar-refractivity contribution is 5.84. The first-order valence-corrected chi connectivity index (χ1v) is 14.4. The van der Waals surface area contributed by atoms with E-state index in [4.69, 9.17) is 14.2 Å². The molecule has 0 atom stereocenters. The smallest absolute Gasteiger partial charge is 0.416 e. The van der Waals surface area contributed by atoms with Crippen LogP contribution in [0, 0.1) is 6.92 Å². The van der Waals surface area contributed by atoms with Gasteiger partial charge in [-0.25, -0.2) is 4.68 Å². The molecule has 0 saturated carbocycles. The third-order valence-corrected chi connectivity index (χ3v) is 7.44. The maximum atomic E-state index is 13.0. The van der Waals surface area contributed by atoms with Crippen LogP contribution < -0.4 is 19.3 Å². The van der Waals surface area contributed by atoms with Crippen molar-refractivity contribution in [3.63, 3.8) is 0 Å². The molecule has 5 rings (SSSR count). The SMILES string of the molecule is CCc1c(-c2ccccc2)[nH]c(COc2ccc(COc3nn(-c4ccc(C(F)(F)F)cc4)cc3/C=C/C(=O)[O-])cc2OC)c1C. The van der Waals surface area contributed by atoms with E-state index in [0.29, 0.717) is 34.9 Å². The quantitative estimate of drug-likeness (QED) is 0.154. The van der Waals surface area contributed by atoms with Gasteiger partial charge in [0.2, 0.25) is 5.88 Å². The summed E-state index contributed by atoms with van der Waals surface area (Å²) in [5.41, 5.74) is 6.05. The van der Waals surface area contributed by atoms with Crippen LogP contribution in [0.25, 0.3) is 23.0 Å². The second-order valence-electron chi connectivity index (χ2n) is 10.4. The molecular formula is C35H31F3N3O5-. The molecule has 11 heteroatoms. The van der Waals surface area contributed by atoms with E-state index in [1.807, 2.05) is 18.2 Å². The molecule has 2 aromatic heterocycles. The van der Waals surface area contributed by atoms with Gasteiger partial charge in [-0.3, -0.25) is 0 Å². The number of aliphatic carboxylic acids is 1. The zero-order valence-corrected chi connectivity index (χ0v) is 25.4. The summed E-state index contributed by atoms with van der Waals surface area (Å²) in [6.07, 6.45) is -0.103. The fraction of sp³-hybridized carbons (Fsp3) is 0.200. The highest BCUT2D eigenvalue weighted by atomic mass is 19.4. The van der Waals surface area contributed by atoms with Crippen LogP contribution in [-0.2, 0) is 30.6 Å². The van der Waals surface area contributed by atoms with Crippen molar-refractivity contribution in [2.45, 2.75) is 39.7 Å². The maximum absolute atomic E-state index is 13.0. The van der Waals surface area contributed by atoms with Gasteiger partial charge in [0.15, 0.2) is 11.5 Å². The zero-order valence-electron chi connectivity index (χ0n) is 25.4. The van der Waals surface area contributed by atoms with Crippen LogP contribution in [0.1, 0.15) is 40.4 Å². The number of benzene rings is 3. The lowest BCUT2D eigenvalue weighted by Gasteiger charge is -2.13. The van der Waals surface area contributed by atoms with E-state index in [1.54, 1.807) is 18.2 Å². The number of nitrogens with one attached hydrogen (secondary N) is 1. The number of ether oxygens (including phenoxy) is 3. The normalized spacial score (nSPS) is 11.6. The summed E-state index contributed by atoms with van der Waals surface area (Å²) in [5, 5.41) is 15.4. The van der Waals surface area contributed by atoms with Gasteiger partial charge in [0.25, 0.3) is 0 Å². The highest BCUT2D eigenvalue weighted by Crippen LogP contribution is 2.33. The molecule has 0 aliphatic carbocycles. The first-order chi connectivity index (χ1) is 22.1. The number of carboxylic acids is 1. The monoisotopic (exact) mass is 630 g/mol. The summed E-state index contributed by atoms with van der Waals surface area (Å²) in [7, 11) is 1.53. The summed E-state index contributed by atoms with van der Waals surface area (Å²) >= 11 is 0. The molecule has 8 nitrogen and oxygen atoms in total. The number of aromatic amines is 1. The van der Waals surface area contributed by atoms with E-state index in [2.05, 4.69) is 36.1 Å². The Bertz CT molecular complexity index is 1840. The van der Waals surface area contributed by atoms with Crippen molar-refractivity contribution in [2.24, 2.45) is 0 Å². The lowest BCUT2D eigenvalue weighted by molar-refractivity contribution is -0.297. The molecule has 1 N–H and O–H groups in total. The standard InChI is InChI=1S/C35H32F3N3O5/c1-4-28-22(2)29(39-33(28)24-8-6-5-7-9-24)21-45-30-16-10-23(18-31(30)44-3)20-46-34-25(11-17-32(42)43)19-41(40-34)27-14-12-26(13-15-27)35(36,37)38/h5-19,39H,4,20-21H2,1-3H3,(H,42,43)/p-1/b17-11+. The van der Waals surface area contributed by atoms with E-state index < -0.39 is 17.7 Å². The molecule has 3 aromatic carbocycles. The molecule has 0 fully saturated rings. The van der Waals surface area contributed by atoms with Crippen molar-refractivity contribution in [2.75, 3.05) is 7.11 Å². The van der Waals surface area contributed by atoms with Crippen LogP contribution >= 0.6 is 0 Å². The molecule has 0 aliphatic rings. The van der Waals surface area contributed by atoms with Crippen LogP contribution in [0.2, 0.25) is 0 Å². The molecule has 238 valence electrons. The zero-order chi connectivity index (χ0) is 32.8. The van der Waals surface area contributed by atoms with E-state index in [-0.39, 0.29) is 12.5 Å².